The number of thioether (sulfide) groups is 1. The molecule has 1 atom stereocenters. The number of aromatic hydroxyl groups is 1. The third-order valence-corrected chi connectivity index (χ3v) is 4.58. The van der Waals surface area contributed by atoms with E-state index in [0.29, 0.717) is 5.57 Å². The lowest BCUT2D eigenvalue weighted by molar-refractivity contribution is 0.268. The van der Waals surface area contributed by atoms with Gasteiger partial charge in [-0.1, -0.05) is 12.1 Å². The highest BCUT2D eigenvalue weighted by atomic mass is 32.2. The zero-order chi connectivity index (χ0) is 14.1. The maximum Gasteiger partial charge on any atom is 0.205 e. The van der Waals surface area contributed by atoms with Gasteiger partial charge in [0.25, 0.3) is 0 Å². The van der Waals surface area contributed by atoms with Crippen LogP contribution in [-0.4, -0.2) is 16.6 Å². The molecule has 0 saturated carbocycles. The lowest BCUT2D eigenvalue weighted by Gasteiger charge is -2.31. The minimum absolute atomic E-state index is 0.155. The van der Waals surface area contributed by atoms with Crippen LogP contribution in [0.4, 0.5) is 0 Å². The van der Waals surface area contributed by atoms with E-state index in [1.54, 1.807) is 12.1 Å². The van der Waals surface area contributed by atoms with Gasteiger partial charge in [0.15, 0.2) is 0 Å². The molecule has 2 aliphatic heterocycles. The maximum atomic E-state index is 9.42. The first kappa shape index (κ1) is 12.9. The van der Waals surface area contributed by atoms with Crippen molar-refractivity contribution in [1.29, 1.82) is 5.26 Å². The molecule has 0 saturated heterocycles. The van der Waals surface area contributed by atoms with Crippen molar-refractivity contribution in [2.24, 2.45) is 5.73 Å². The van der Waals surface area contributed by atoms with Gasteiger partial charge < -0.3 is 15.6 Å². The lowest BCUT2D eigenvalue weighted by atomic mass is 9.83. The van der Waals surface area contributed by atoms with E-state index >= 15 is 0 Å². The number of rotatable bonds is 1. The van der Waals surface area contributed by atoms with E-state index in [0.717, 1.165) is 34.8 Å². The zero-order valence-electron chi connectivity index (χ0n) is 10.8. The minimum Gasteiger partial charge on any atom is -0.508 e. The van der Waals surface area contributed by atoms with Gasteiger partial charge in [0.2, 0.25) is 5.88 Å². The summed E-state index contributed by atoms with van der Waals surface area (Å²) in [6.45, 7) is 0. The normalized spacial score (nSPS) is 22.1. The lowest BCUT2D eigenvalue weighted by Crippen LogP contribution is -2.24. The Bertz CT molecular complexity index is 641. The number of benzene rings is 1. The number of nitrogens with zero attached hydrogens (tertiary/aromatic N) is 1. The van der Waals surface area contributed by atoms with Crippen LogP contribution in [0.25, 0.3) is 0 Å². The summed E-state index contributed by atoms with van der Waals surface area (Å²) in [6.07, 6.45) is 0.841. The van der Waals surface area contributed by atoms with Gasteiger partial charge in [0, 0.05) is 23.8 Å². The number of hydrogen-bond acceptors (Lipinski definition) is 5. The van der Waals surface area contributed by atoms with E-state index in [4.69, 9.17) is 10.5 Å². The Morgan fingerprint density at radius 3 is 2.80 bits per heavy atom. The minimum atomic E-state index is -0.155. The Balaban J connectivity index is 2.11. The van der Waals surface area contributed by atoms with Gasteiger partial charge in [-0.25, -0.2) is 0 Å². The molecular weight excluding hydrogens is 272 g/mol. The summed E-state index contributed by atoms with van der Waals surface area (Å²) in [4.78, 5) is 0. The fourth-order valence-corrected chi connectivity index (χ4v) is 3.63. The predicted molar refractivity (Wildman–Crippen MR) is 77.7 cm³/mol. The Labute approximate surface area is 121 Å². The molecule has 1 aromatic rings. The summed E-state index contributed by atoms with van der Waals surface area (Å²) in [5, 5.41) is 18.8. The van der Waals surface area contributed by atoms with Crippen LogP contribution in [0, 0.1) is 11.3 Å². The summed E-state index contributed by atoms with van der Waals surface area (Å²) in [5.74, 6) is 3.02. The molecule has 0 aromatic heterocycles. The van der Waals surface area contributed by atoms with Gasteiger partial charge in [-0.2, -0.15) is 17.0 Å². The van der Waals surface area contributed by atoms with Crippen LogP contribution >= 0.6 is 11.8 Å². The third kappa shape index (κ3) is 2.12. The summed E-state index contributed by atoms with van der Waals surface area (Å²) >= 11 is 1.84. The second kappa shape index (κ2) is 5.14. The zero-order valence-corrected chi connectivity index (χ0v) is 11.6. The molecule has 2 heterocycles. The van der Waals surface area contributed by atoms with Crippen molar-refractivity contribution in [3.05, 3.63) is 52.6 Å². The third-order valence-electron chi connectivity index (χ3n) is 3.57. The average Bonchev–Trinajstić information content (AvgIpc) is 2.47. The fourth-order valence-electron chi connectivity index (χ4n) is 2.61. The highest BCUT2D eigenvalue weighted by molar-refractivity contribution is 7.99. The fraction of sp³-hybridized carbons (Fsp3) is 0.267. The van der Waals surface area contributed by atoms with Crippen LogP contribution in [0.3, 0.4) is 0 Å². The molecule has 20 heavy (non-hydrogen) atoms. The number of ether oxygens (including phenoxy) is 1. The molecule has 102 valence electrons. The molecule has 0 fully saturated rings. The highest BCUT2D eigenvalue weighted by Crippen LogP contribution is 2.43. The number of nitrogens with two attached hydrogens (primary N) is 1. The first-order chi connectivity index (χ1) is 9.70. The van der Waals surface area contributed by atoms with Crippen LogP contribution in [-0.2, 0) is 4.74 Å². The van der Waals surface area contributed by atoms with E-state index < -0.39 is 0 Å². The summed E-state index contributed by atoms with van der Waals surface area (Å²) < 4.78 is 5.62. The van der Waals surface area contributed by atoms with Gasteiger partial charge in [-0.3, -0.25) is 0 Å². The Kier molecular flexibility index (Phi) is 3.33. The van der Waals surface area contributed by atoms with Crippen molar-refractivity contribution in [2.75, 3.05) is 11.5 Å². The molecule has 1 aromatic carbocycles. The van der Waals surface area contributed by atoms with E-state index in [1.165, 1.54) is 0 Å². The van der Waals surface area contributed by atoms with Crippen LogP contribution in [0.15, 0.2) is 47.1 Å². The molecule has 4 nitrogen and oxygen atoms in total. The number of phenols is 1. The van der Waals surface area contributed by atoms with Crippen molar-refractivity contribution >= 4 is 11.8 Å². The first-order valence-electron chi connectivity index (χ1n) is 6.37. The molecule has 0 spiro atoms. The molecule has 3 rings (SSSR count). The number of hydrogen-bond donors (Lipinski definition) is 2. The van der Waals surface area contributed by atoms with Crippen molar-refractivity contribution in [3.8, 4) is 11.8 Å². The predicted octanol–water partition coefficient (Wildman–Crippen LogP) is 2.59. The largest absolute Gasteiger partial charge is 0.508 e. The van der Waals surface area contributed by atoms with Crippen LogP contribution in [0.1, 0.15) is 17.9 Å². The Hall–Kier alpha value is -2.06. The molecule has 0 radical (unpaired) electrons. The second-order valence-electron chi connectivity index (χ2n) is 4.77. The smallest absolute Gasteiger partial charge is 0.205 e. The van der Waals surface area contributed by atoms with E-state index in [-0.39, 0.29) is 17.6 Å². The molecule has 0 bridgehead atoms. The van der Waals surface area contributed by atoms with Gasteiger partial charge in [0.05, 0.1) is 0 Å². The number of allylic oxidation sites excluding steroid dienone is 2. The highest BCUT2D eigenvalue weighted by Gasteiger charge is 2.33. The first-order valence-corrected chi connectivity index (χ1v) is 7.52. The van der Waals surface area contributed by atoms with Gasteiger partial charge >= 0.3 is 0 Å². The Morgan fingerprint density at radius 2 is 2.10 bits per heavy atom. The van der Waals surface area contributed by atoms with Crippen LogP contribution in [0.5, 0.6) is 5.75 Å². The van der Waals surface area contributed by atoms with Crippen LogP contribution in [0.2, 0.25) is 0 Å². The van der Waals surface area contributed by atoms with E-state index in [9.17, 15) is 10.4 Å². The van der Waals surface area contributed by atoms with Gasteiger partial charge in [-0.05, 0) is 23.3 Å². The summed E-state index contributed by atoms with van der Waals surface area (Å²) in [6, 6.07) is 9.10. The van der Waals surface area contributed by atoms with Gasteiger partial charge in [-0.15, -0.1) is 0 Å². The van der Waals surface area contributed by atoms with Crippen molar-refractivity contribution in [2.45, 2.75) is 12.3 Å². The topological polar surface area (TPSA) is 79.3 Å². The maximum absolute atomic E-state index is 9.42. The second-order valence-corrected chi connectivity index (χ2v) is 5.87. The van der Waals surface area contributed by atoms with Crippen molar-refractivity contribution < 1.29 is 9.84 Å². The summed E-state index contributed by atoms with van der Waals surface area (Å²) in [7, 11) is 0. The summed E-state index contributed by atoms with van der Waals surface area (Å²) in [5.41, 5.74) is 8.44. The SMILES string of the molecule is N#CC1=C(N)OC2=C(CSCC2)C1c1ccc(O)cc1. The number of phenolic OH excluding ortho intramolecular Hbond substituents is 1. The molecular formula is C15H14N2O2S. The molecule has 1 unspecified atom stereocenters. The van der Waals surface area contributed by atoms with E-state index in [2.05, 4.69) is 6.07 Å². The average molecular weight is 286 g/mol. The Morgan fingerprint density at radius 1 is 1.35 bits per heavy atom. The number of nitriles is 1. The molecule has 3 N–H and O–H groups in total. The van der Waals surface area contributed by atoms with E-state index in [1.807, 2.05) is 23.9 Å². The molecule has 0 amide bonds. The standard InChI is InChI=1S/C15H14N2O2S/c16-7-11-14(9-1-3-10(18)4-2-9)12-8-20-6-5-13(12)19-15(11)17/h1-4,14,18H,5-6,8,17H2. The van der Waals surface area contributed by atoms with Crippen molar-refractivity contribution in [1.82, 2.24) is 0 Å². The van der Waals surface area contributed by atoms with Crippen molar-refractivity contribution in [3.63, 3.8) is 0 Å². The molecule has 5 heteroatoms. The van der Waals surface area contributed by atoms with Crippen LogP contribution < -0.4 is 5.73 Å². The van der Waals surface area contributed by atoms with Gasteiger partial charge in [0.1, 0.15) is 23.2 Å². The quantitative estimate of drug-likeness (QED) is 0.829. The monoisotopic (exact) mass is 286 g/mol. The molecule has 2 aliphatic rings. The molecule has 0 aliphatic carbocycles.